The molecule has 3 heteroatoms. The van der Waals surface area contributed by atoms with Gasteiger partial charge < -0.3 is 10.2 Å². The van der Waals surface area contributed by atoms with E-state index in [4.69, 9.17) is 0 Å². The second kappa shape index (κ2) is 5.38. The van der Waals surface area contributed by atoms with Gasteiger partial charge in [0.15, 0.2) is 0 Å². The smallest absolute Gasteiger partial charge is 0.226 e. The second-order valence-corrected chi connectivity index (χ2v) is 5.69. The van der Waals surface area contributed by atoms with Crippen LogP contribution >= 0.6 is 0 Å². The van der Waals surface area contributed by atoms with E-state index in [1.54, 1.807) is 0 Å². The highest BCUT2D eigenvalue weighted by atomic mass is 16.2. The summed E-state index contributed by atoms with van der Waals surface area (Å²) < 4.78 is 0. The molecule has 1 amide bonds. The van der Waals surface area contributed by atoms with E-state index in [0.29, 0.717) is 17.2 Å². The fraction of sp³-hybridized carbons (Fsp3) is 0.929. The molecule has 0 radical (unpaired) electrons. The zero-order chi connectivity index (χ0) is 12.3. The fourth-order valence-corrected chi connectivity index (χ4v) is 3.27. The average Bonchev–Trinajstić information content (AvgIpc) is 3.03. The number of nitrogens with one attached hydrogen (secondary N) is 1. The van der Waals surface area contributed by atoms with E-state index < -0.39 is 0 Å². The molecule has 1 N–H and O–H groups in total. The Hall–Kier alpha value is -0.570. The van der Waals surface area contributed by atoms with Crippen LogP contribution in [0.4, 0.5) is 0 Å². The molecule has 0 aromatic rings. The van der Waals surface area contributed by atoms with Crippen molar-refractivity contribution >= 4 is 5.91 Å². The van der Waals surface area contributed by atoms with Crippen molar-refractivity contribution in [3.63, 3.8) is 0 Å². The normalized spacial score (nSPS) is 25.9. The maximum absolute atomic E-state index is 12.5. The van der Waals surface area contributed by atoms with Gasteiger partial charge in [0, 0.05) is 19.0 Å². The summed E-state index contributed by atoms with van der Waals surface area (Å²) in [4.78, 5) is 14.6. The molecule has 2 fully saturated rings. The summed E-state index contributed by atoms with van der Waals surface area (Å²) in [6.07, 6.45) is 5.71. The molecule has 0 bridgehead atoms. The summed E-state index contributed by atoms with van der Waals surface area (Å²) in [5.74, 6) is 0.790. The maximum Gasteiger partial charge on any atom is 0.226 e. The zero-order valence-electron chi connectivity index (χ0n) is 11.3. The first kappa shape index (κ1) is 12.9. The molecule has 1 heterocycles. The Morgan fingerprint density at radius 3 is 2.35 bits per heavy atom. The van der Waals surface area contributed by atoms with Gasteiger partial charge >= 0.3 is 0 Å². The minimum Gasteiger partial charge on any atom is -0.342 e. The van der Waals surface area contributed by atoms with Crippen LogP contribution in [0.3, 0.4) is 0 Å². The monoisotopic (exact) mass is 238 g/mol. The molecule has 1 aliphatic carbocycles. The van der Waals surface area contributed by atoms with E-state index in [2.05, 4.69) is 24.1 Å². The van der Waals surface area contributed by atoms with E-state index in [-0.39, 0.29) is 0 Å². The van der Waals surface area contributed by atoms with Crippen molar-refractivity contribution in [1.29, 1.82) is 0 Å². The molecule has 1 spiro atoms. The van der Waals surface area contributed by atoms with Crippen LogP contribution in [0.25, 0.3) is 0 Å². The highest BCUT2D eigenvalue weighted by molar-refractivity contribution is 5.82. The number of carbonyl (C=O) groups excluding carboxylic acids is 1. The predicted molar refractivity (Wildman–Crippen MR) is 69.8 cm³/mol. The first-order valence-electron chi connectivity index (χ1n) is 7.23. The van der Waals surface area contributed by atoms with Crippen LogP contribution in [0, 0.1) is 11.3 Å². The lowest BCUT2D eigenvalue weighted by molar-refractivity contribution is -0.133. The molecule has 1 aliphatic heterocycles. The third-order valence-electron chi connectivity index (χ3n) is 4.39. The van der Waals surface area contributed by atoms with Crippen LogP contribution < -0.4 is 5.32 Å². The highest BCUT2D eigenvalue weighted by Crippen LogP contribution is 2.59. The van der Waals surface area contributed by atoms with E-state index in [0.717, 1.165) is 45.4 Å². The summed E-state index contributed by atoms with van der Waals surface area (Å²) >= 11 is 0. The van der Waals surface area contributed by atoms with Gasteiger partial charge in [-0.3, -0.25) is 4.79 Å². The molecular formula is C14H26N2O. The van der Waals surface area contributed by atoms with Gasteiger partial charge in [0.05, 0.1) is 0 Å². The summed E-state index contributed by atoms with van der Waals surface area (Å²) in [6.45, 7) is 8.40. The van der Waals surface area contributed by atoms with Crippen LogP contribution in [-0.2, 0) is 4.79 Å². The standard InChI is InChI=1S/C14H26N2O/c1-3-9-16(10-4-2)13(17)12-11-14(12)5-7-15-8-6-14/h12,15H,3-11H2,1-2H3. The predicted octanol–water partition coefficient (Wildman–Crippen LogP) is 2.02. The molecule has 0 aromatic heterocycles. The molecule has 0 aromatic carbocycles. The number of hydrogen-bond donors (Lipinski definition) is 1. The minimum absolute atomic E-state index is 0.350. The van der Waals surface area contributed by atoms with Crippen LogP contribution in [0.2, 0.25) is 0 Å². The Kier molecular flexibility index (Phi) is 4.08. The van der Waals surface area contributed by atoms with Gasteiger partial charge in [0.1, 0.15) is 0 Å². The largest absolute Gasteiger partial charge is 0.342 e. The van der Waals surface area contributed by atoms with Crippen molar-refractivity contribution in [2.45, 2.75) is 46.0 Å². The molecule has 1 saturated carbocycles. The Balaban J connectivity index is 1.91. The lowest BCUT2D eigenvalue weighted by Gasteiger charge is -2.26. The van der Waals surface area contributed by atoms with E-state index >= 15 is 0 Å². The first-order chi connectivity index (χ1) is 8.23. The molecule has 1 unspecified atom stereocenters. The SMILES string of the molecule is CCCN(CCC)C(=O)C1CC12CCNCC2. The van der Waals surface area contributed by atoms with Crippen molar-refractivity contribution in [1.82, 2.24) is 10.2 Å². The van der Waals surface area contributed by atoms with E-state index in [9.17, 15) is 4.79 Å². The van der Waals surface area contributed by atoms with E-state index in [1.807, 2.05) is 0 Å². The Morgan fingerprint density at radius 1 is 1.24 bits per heavy atom. The first-order valence-corrected chi connectivity index (χ1v) is 7.23. The van der Waals surface area contributed by atoms with Crippen molar-refractivity contribution in [3.8, 4) is 0 Å². The van der Waals surface area contributed by atoms with Gasteiger partial charge in [0.25, 0.3) is 0 Å². The highest BCUT2D eigenvalue weighted by Gasteiger charge is 2.58. The molecule has 2 rings (SSSR count). The van der Waals surface area contributed by atoms with Crippen LogP contribution in [0.15, 0.2) is 0 Å². The van der Waals surface area contributed by atoms with Crippen molar-refractivity contribution in [2.24, 2.45) is 11.3 Å². The summed E-state index contributed by atoms with van der Waals surface area (Å²) in [5.41, 5.74) is 0.391. The van der Waals surface area contributed by atoms with Crippen LogP contribution in [0.1, 0.15) is 46.0 Å². The summed E-state index contributed by atoms with van der Waals surface area (Å²) in [7, 11) is 0. The zero-order valence-corrected chi connectivity index (χ0v) is 11.3. The number of hydrogen-bond acceptors (Lipinski definition) is 2. The molecule has 98 valence electrons. The number of carbonyl (C=O) groups is 1. The van der Waals surface area contributed by atoms with Gasteiger partial charge in [0.2, 0.25) is 5.91 Å². The number of nitrogens with zero attached hydrogens (tertiary/aromatic N) is 1. The van der Waals surface area contributed by atoms with Crippen LogP contribution in [-0.4, -0.2) is 37.0 Å². The molecule has 3 nitrogen and oxygen atoms in total. The Labute approximate surface area is 105 Å². The van der Waals surface area contributed by atoms with Crippen molar-refractivity contribution in [3.05, 3.63) is 0 Å². The van der Waals surface area contributed by atoms with Gasteiger partial charge in [-0.05, 0) is 50.6 Å². The number of amides is 1. The Bertz CT molecular complexity index is 265. The van der Waals surface area contributed by atoms with Crippen molar-refractivity contribution < 1.29 is 4.79 Å². The second-order valence-electron chi connectivity index (χ2n) is 5.69. The third kappa shape index (κ3) is 2.65. The molecule has 1 atom stereocenters. The van der Waals surface area contributed by atoms with Gasteiger partial charge in [-0.15, -0.1) is 0 Å². The topological polar surface area (TPSA) is 32.3 Å². The lowest BCUT2D eigenvalue weighted by Crippen LogP contribution is -2.37. The van der Waals surface area contributed by atoms with Gasteiger partial charge in [-0.1, -0.05) is 13.8 Å². The quantitative estimate of drug-likeness (QED) is 0.795. The molecule has 2 aliphatic rings. The van der Waals surface area contributed by atoms with Gasteiger partial charge in [-0.2, -0.15) is 0 Å². The number of piperidine rings is 1. The fourth-order valence-electron chi connectivity index (χ4n) is 3.27. The van der Waals surface area contributed by atoms with Gasteiger partial charge in [-0.25, -0.2) is 0 Å². The summed E-state index contributed by atoms with van der Waals surface area (Å²) in [5, 5.41) is 3.39. The number of rotatable bonds is 5. The molecule has 17 heavy (non-hydrogen) atoms. The molecular weight excluding hydrogens is 212 g/mol. The van der Waals surface area contributed by atoms with E-state index in [1.165, 1.54) is 12.8 Å². The Morgan fingerprint density at radius 2 is 1.82 bits per heavy atom. The lowest BCUT2D eigenvalue weighted by atomic mass is 9.91. The summed E-state index contributed by atoms with van der Waals surface area (Å²) in [6, 6.07) is 0. The third-order valence-corrected chi connectivity index (χ3v) is 4.39. The van der Waals surface area contributed by atoms with Crippen LogP contribution in [0.5, 0.6) is 0 Å². The average molecular weight is 238 g/mol. The maximum atomic E-state index is 12.5. The van der Waals surface area contributed by atoms with Crippen molar-refractivity contribution in [2.75, 3.05) is 26.2 Å². The molecule has 1 saturated heterocycles. The minimum atomic E-state index is 0.350.